The fourth-order valence-electron chi connectivity index (χ4n) is 7.51. The average Bonchev–Trinajstić information content (AvgIpc) is 4.13. The smallest absolute Gasteiger partial charge is 0.268 e. The number of phosphoric ester groups is 3. The number of aromatic nitrogens is 12. The predicted molar refractivity (Wildman–Crippen MR) is 208 cm³/mol. The molecule has 362 valence electrons. The van der Waals surface area contributed by atoms with E-state index in [2.05, 4.69) is 49.4 Å². The number of imidazole rings is 3. The number of aliphatic hydroxyl groups excluding tert-OH is 4. The summed E-state index contributed by atoms with van der Waals surface area (Å²) in [6.07, 6.45) is -14.6. The summed E-state index contributed by atoms with van der Waals surface area (Å²) >= 11 is 0. The van der Waals surface area contributed by atoms with Gasteiger partial charge in [0, 0.05) is 0 Å². The van der Waals surface area contributed by atoms with E-state index < -0.39 is 117 Å². The maximum absolute atomic E-state index is 13.5. The lowest BCUT2D eigenvalue weighted by atomic mass is 10.1. The molecule has 6 aromatic heterocycles. The number of nitrogens with two attached hydrogens (primary N) is 3. The molecule has 3 aliphatic rings. The second kappa shape index (κ2) is 17.9. The van der Waals surface area contributed by atoms with Gasteiger partial charge >= 0.3 is 0 Å². The molecule has 67 heavy (non-hydrogen) atoms. The molecule has 15 unspecified atom stereocenters. The molecule has 0 aliphatic carbocycles. The van der Waals surface area contributed by atoms with Crippen LogP contribution in [-0.4, -0.2) is 159 Å². The molecule has 3 saturated heterocycles. The minimum atomic E-state index is -5.70. The van der Waals surface area contributed by atoms with Crippen LogP contribution in [0, 0.1) is 0 Å². The zero-order valence-electron chi connectivity index (χ0n) is 33.4. The molecule has 9 heterocycles. The van der Waals surface area contributed by atoms with Crippen LogP contribution in [0.15, 0.2) is 38.0 Å². The summed E-state index contributed by atoms with van der Waals surface area (Å²) in [4.78, 5) is 83.4. The number of hydrogen-bond donors (Lipinski definition) is 8. The molecule has 0 spiro atoms. The number of anilines is 3. The van der Waals surface area contributed by atoms with Crippen LogP contribution in [-0.2, 0) is 50.5 Å². The van der Waals surface area contributed by atoms with E-state index >= 15 is 0 Å². The van der Waals surface area contributed by atoms with Gasteiger partial charge < -0.3 is 94.0 Å². The molecule has 9 rings (SSSR count). The largest absolute Gasteiger partial charge is 0.756 e. The van der Waals surface area contributed by atoms with Gasteiger partial charge in [-0.2, -0.15) is 0 Å². The second-order valence-electron chi connectivity index (χ2n) is 14.8. The normalized spacial score (nSPS) is 31.7. The van der Waals surface area contributed by atoms with E-state index in [0.717, 1.165) is 40.8 Å². The molecule has 34 nitrogen and oxygen atoms in total. The minimum Gasteiger partial charge on any atom is -0.756 e. The van der Waals surface area contributed by atoms with Gasteiger partial charge in [0.2, 0.25) is 0 Å². The number of fused-ring (bicyclic) bond motifs is 3. The van der Waals surface area contributed by atoms with Crippen molar-refractivity contribution >= 4 is 74.4 Å². The van der Waals surface area contributed by atoms with Gasteiger partial charge in [0.05, 0.1) is 38.8 Å². The van der Waals surface area contributed by atoms with E-state index in [0.29, 0.717) is 0 Å². The van der Waals surface area contributed by atoms with Crippen LogP contribution in [0.3, 0.4) is 0 Å². The zero-order chi connectivity index (χ0) is 47.7. The van der Waals surface area contributed by atoms with E-state index in [1.54, 1.807) is 0 Å². The summed E-state index contributed by atoms with van der Waals surface area (Å²) in [5, 5.41) is 44.3. The lowest BCUT2D eigenvalue weighted by Crippen LogP contribution is -2.38. The quantitative estimate of drug-likeness (QED) is 0.0420. The first-order chi connectivity index (χ1) is 31.7. The van der Waals surface area contributed by atoms with Gasteiger partial charge in [-0.3, -0.25) is 27.4 Å². The van der Waals surface area contributed by atoms with Crippen LogP contribution in [0.4, 0.5) is 17.5 Å². The van der Waals surface area contributed by atoms with Gasteiger partial charge in [-0.15, -0.1) is 0 Å². The average molecular weight is 1000 g/mol. The summed E-state index contributed by atoms with van der Waals surface area (Å²) in [6, 6.07) is 0. The van der Waals surface area contributed by atoms with E-state index in [9.17, 15) is 48.8 Å². The molecule has 6 aromatic rings. The first-order valence-electron chi connectivity index (χ1n) is 19.1. The Hall–Kier alpha value is -4.90. The van der Waals surface area contributed by atoms with Crippen molar-refractivity contribution in [3.05, 3.63) is 38.0 Å². The molecular formula is C30H35N15O19P3-3. The molecule has 11 N–H and O–H groups in total. The Morgan fingerprint density at radius 2 is 0.866 bits per heavy atom. The van der Waals surface area contributed by atoms with Crippen molar-refractivity contribution in [2.45, 2.75) is 73.6 Å². The Bertz CT molecular complexity index is 2940. The van der Waals surface area contributed by atoms with Gasteiger partial charge in [-0.25, -0.2) is 44.9 Å². The molecule has 0 radical (unpaired) electrons. The van der Waals surface area contributed by atoms with Crippen LogP contribution in [0.25, 0.3) is 33.5 Å². The predicted octanol–water partition coefficient (Wildman–Crippen LogP) is -5.39. The number of ether oxygens (including phenoxy) is 3. The number of nitrogens with zero attached hydrogens (tertiary/aromatic N) is 12. The summed E-state index contributed by atoms with van der Waals surface area (Å²) in [5.41, 5.74) is 17.8. The van der Waals surface area contributed by atoms with Crippen LogP contribution >= 0.6 is 23.5 Å². The van der Waals surface area contributed by atoms with Crippen LogP contribution in [0.5, 0.6) is 0 Å². The van der Waals surface area contributed by atoms with Crippen LogP contribution in [0.2, 0.25) is 0 Å². The molecule has 0 aromatic carbocycles. The SMILES string of the molecule is Nc1ncnc2c1ncn2C1OC(COP(=O)([O-])OC2C(O)C(COP(=O)([O-])OC3C(O)C(COP(=O)([O-])O)OC3n3cnc4c(N)ncnc43)OC2n2cnc3c(N)ncnc32)C(O)C1O. The molecule has 3 aliphatic heterocycles. The Kier molecular flexibility index (Phi) is 12.6. The van der Waals surface area contributed by atoms with Gasteiger partial charge in [0.1, 0.15) is 90.5 Å². The number of nitrogen functional groups attached to an aromatic ring is 3. The second-order valence-corrected chi connectivity index (χ2v) is 18.7. The molecule has 15 atom stereocenters. The standard InChI is InChI=1S/C30H38N15O19P3/c31-22-13-25(37-4-34-22)43(7-40-13)28-19(49)16(46)10(60-28)2-58-66(53,54)64-21-18(48)12(62-30(21)45-9-42-15-24(33)36-6-39-27(15)45)3-59-67(55,56)63-20-17(47)11(1-57-65(50,51)52)61-29(20)44-8-41-14-23(32)35-5-38-26(14)44/h4-12,16-21,28-30,46-49H,1-3H2,(H,53,54)(H,55,56)(H2,31,34,37)(H2,32,35,38)(H2,33,36,39)(H2,50,51,52)/p-3. The minimum absolute atomic E-state index is 0.00540. The number of phosphoric acid groups is 3. The Morgan fingerprint density at radius 1 is 0.522 bits per heavy atom. The highest BCUT2D eigenvalue weighted by Gasteiger charge is 2.51. The third-order valence-corrected chi connectivity index (χ3v) is 13.1. The third kappa shape index (κ3) is 9.22. The van der Waals surface area contributed by atoms with E-state index in [-0.39, 0.29) is 50.9 Å². The summed E-state index contributed by atoms with van der Waals surface area (Å²) in [5.74, 6) is -0.196. The van der Waals surface area contributed by atoms with E-state index in [1.807, 2.05) is 0 Å². The summed E-state index contributed by atoms with van der Waals surface area (Å²) in [7, 11) is -16.7. The maximum Gasteiger partial charge on any atom is 0.268 e. The van der Waals surface area contributed by atoms with Crippen LogP contribution in [0.1, 0.15) is 18.7 Å². The van der Waals surface area contributed by atoms with Crippen molar-refractivity contribution < 1.29 is 90.5 Å². The molecule has 0 amide bonds. The van der Waals surface area contributed by atoms with Crippen molar-refractivity contribution in [1.82, 2.24) is 58.6 Å². The number of aliphatic hydroxyl groups is 4. The van der Waals surface area contributed by atoms with E-state index in [4.69, 9.17) is 54.4 Å². The lowest BCUT2D eigenvalue weighted by Gasteiger charge is -2.31. The lowest BCUT2D eigenvalue weighted by molar-refractivity contribution is -0.238. The highest BCUT2D eigenvalue weighted by Crippen LogP contribution is 2.50. The molecule has 0 bridgehead atoms. The molecule has 3 fully saturated rings. The zero-order valence-corrected chi connectivity index (χ0v) is 36.1. The first kappa shape index (κ1) is 47.2. The summed E-state index contributed by atoms with van der Waals surface area (Å²) < 4.78 is 84.1. The molecular weight excluding hydrogens is 967 g/mol. The van der Waals surface area contributed by atoms with Crippen molar-refractivity contribution in [1.29, 1.82) is 0 Å². The highest BCUT2D eigenvalue weighted by molar-refractivity contribution is 7.46. The van der Waals surface area contributed by atoms with Crippen LogP contribution < -0.4 is 31.9 Å². The number of rotatable bonds is 16. The fraction of sp³-hybridized carbons (Fsp3) is 0.500. The Morgan fingerprint density at radius 3 is 1.25 bits per heavy atom. The third-order valence-electron chi connectivity index (χ3n) is 10.6. The van der Waals surface area contributed by atoms with Gasteiger partial charge in [-0.05, 0) is 0 Å². The van der Waals surface area contributed by atoms with Crippen molar-refractivity contribution in [2.24, 2.45) is 0 Å². The Balaban J connectivity index is 0.918. The monoisotopic (exact) mass is 1000 g/mol. The molecule has 0 saturated carbocycles. The summed E-state index contributed by atoms with van der Waals surface area (Å²) in [6.45, 7) is -3.11. The van der Waals surface area contributed by atoms with Crippen molar-refractivity contribution in [3.8, 4) is 0 Å². The van der Waals surface area contributed by atoms with Gasteiger partial charge in [-0.1, -0.05) is 0 Å². The molecule has 37 heteroatoms. The number of hydrogen-bond acceptors (Lipinski definition) is 30. The van der Waals surface area contributed by atoms with Gasteiger partial charge in [0.15, 0.2) is 53.1 Å². The first-order valence-corrected chi connectivity index (χ1v) is 23.6. The van der Waals surface area contributed by atoms with Crippen molar-refractivity contribution in [2.75, 3.05) is 37.0 Å². The Labute approximate surface area is 371 Å². The van der Waals surface area contributed by atoms with Gasteiger partial charge in [0.25, 0.3) is 23.5 Å². The fourth-order valence-corrected chi connectivity index (χ4v) is 9.68. The highest BCUT2D eigenvalue weighted by atomic mass is 31.2. The maximum atomic E-state index is 13.5. The van der Waals surface area contributed by atoms with E-state index in [1.165, 1.54) is 10.9 Å². The van der Waals surface area contributed by atoms with Crippen molar-refractivity contribution in [3.63, 3.8) is 0 Å². The topological polar surface area (TPSA) is 504 Å².